The van der Waals surface area contributed by atoms with E-state index in [1.165, 1.54) is 6.07 Å². The van der Waals surface area contributed by atoms with Crippen molar-refractivity contribution in [1.29, 1.82) is 10.5 Å². The molecule has 1 aromatic carbocycles. The minimum Gasteiger partial charge on any atom is -0.496 e. The van der Waals surface area contributed by atoms with E-state index in [4.69, 9.17) is 15.7 Å². The van der Waals surface area contributed by atoms with Crippen LogP contribution in [-0.2, 0) is 11.3 Å². The van der Waals surface area contributed by atoms with Crippen LogP contribution >= 0.6 is 11.8 Å². The second-order valence-electron chi connectivity index (χ2n) is 5.35. The van der Waals surface area contributed by atoms with Gasteiger partial charge in [-0.15, -0.1) is 0 Å². The zero-order valence-corrected chi connectivity index (χ0v) is 15.2. The molecule has 26 heavy (non-hydrogen) atoms. The van der Waals surface area contributed by atoms with Gasteiger partial charge < -0.3 is 15.4 Å². The van der Waals surface area contributed by atoms with Crippen molar-refractivity contribution in [3.05, 3.63) is 47.0 Å². The number of ether oxygens (including phenoxy) is 1. The molecular weight excluding hydrogens is 350 g/mol. The molecule has 0 aliphatic heterocycles. The molecule has 1 heterocycles. The monoisotopic (exact) mass is 367 g/mol. The highest BCUT2D eigenvalue weighted by molar-refractivity contribution is 8.00. The third kappa shape index (κ3) is 4.44. The van der Waals surface area contributed by atoms with Crippen LogP contribution < -0.4 is 10.5 Å². The Morgan fingerprint density at radius 2 is 2.00 bits per heavy atom. The van der Waals surface area contributed by atoms with Gasteiger partial charge >= 0.3 is 0 Å². The lowest BCUT2D eigenvalue weighted by Crippen LogP contribution is -2.28. The zero-order chi connectivity index (χ0) is 19.1. The van der Waals surface area contributed by atoms with E-state index in [9.17, 15) is 10.1 Å². The summed E-state index contributed by atoms with van der Waals surface area (Å²) >= 11 is 1.12. The summed E-state index contributed by atoms with van der Waals surface area (Å²) in [6.45, 7) is 0.400. The van der Waals surface area contributed by atoms with Crippen LogP contribution in [0.4, 0.5) is 5.82 Å². The number of amides is 1. The van der Waals surface area contributed by atoms with Crippen LogP contribution in [-0.4, -0.2) is 35.7 Å². The van der Waals surface area contributed by atoms with Crippen molar-refractivity contribution in [1.82, 2.24) is 9.88 Å². The molecule has 0 saturated heterocycles. The Labute approximate surface area is 156 Å². The maximum Gasteiger partial charge on any atom is 0.233 e. The van der Waals surface area contributed by atoms with Gasteiger partial charge in [-0.05, 0) is 12.1 Å². The van der Waals surface area contributed by atoms with Crippen LogP contribution in [0, 0.1) is 22.7 Å². The number of hydrogen-bond donors (Lipinski definition) is 1. The van der Waals surface area contributed by atoms with Crippen molar-refractivity contribution in [2.45, 2.75) is 11.6 Å². The van der Waals surface area contributed by atoms with Gasteiger partial charge in [0.2, 0.25) is 5.91 Å². The number of pyridine rings is 1. The highest BCUT2D eigenvalue weighted by Gasteiger charge is 2.15. The molecule has 0 spiro atoms. The van der Waals surface area contributed by atoms with E-state index in [1.54, 1.807) is 19.1 Å². The van der Waals surface area contributed by atoms with Crippen molar-refractivity contribution in [2.24, 2.45) is 0 Å². The highest BCUT2D eigenvalue weighted by atomic mass is 32.2. The number of nitrogens with zero attached hydrogens (tertiary/aromatic N) is 4. The summed E-state index contributed by atoms with van der Waals surface area (Å²) in [4.78, 5) is 18.0. The van der Waals surface area contributed by atoms with Gasteiger partial charge in [-0.1, -0.05) is 30.0 Å². The third-order valence-electron chi connectivity index (χ3n) is 3.62. The molecule has 0 unspecified atom stereocenters. The maximum atomic E-state index is 12.4. The molecular formula is C18H17N5O2S. The second kappa shape index (κ2) is 8.75. The molecule has 0 aliphatic rings. The first-order valence-corrected chi connectivity index (χ1v) is 8.58. The molecule has 1 amide bonds. The Morgan fingerprint density at radius 1 is 1.31 bits per heavy atom. The fraction of sp³-hybridized carbons (Fsp3) is 0.222. The highest BCUT2D eigenvalue weighted by Crippen LogP contribution is 2.24. The fourth-order valence-corrected chi connectivity index (χ4v) is 3.11. The number of nitriles is 2. The summed E-state index contributed by atoms with van der Waals surface area (Å²) < 4.78 is 5.29. The van der Waals surface area contributed by atoms with Gasteiger partial charge in [-0.3, -0.25) is 4.79 Å². The molecule has 2 N–H and O–H groups in total. The van der Waals surface area contributed by atoms with Crippen LogP contribution in [0.15, 0.2) is 35.4 Å². The van der Waals surface area contributed by atoms with Gasteiger partial charge in [-0.2, -0.15) is 10.5 Å². The number of carbonyl (C=O) groups excluding carboxylic acids is 1. The van der Waals surface area contributed by atoms with Gasteiger partial charge in [0.15, 0.2) is 0 Å². The largest absolute Gasteiger partial charge is 0.496 e. The molecule has 0 atom stereocenters. The van der Waals surface area contributed by atoms with Crippen molar-refractivity contribution in [2.75, 3.05) is 25.6 Å². The first-order valence-electron chi connectivity index (χ1n) is 7.59. The van der Waals surface area contributed by atoms with Crippen LogP contribution in [0.25, 0.3) is 0 Å². The van der Waals surface area contributed by atoms with Gasteiger partial charge in [-0.25, -0.2) is 4.98 Å². The summed E-state index contributed by atoms with van der Waals surface area (Å²) in [6.07, 6.45) is 0. The van der Waals surface area contributed by atoms with E-state index in [0.717, 1.165) is 17.3 Å². The van der Waals surface area contributed by atoms with Crippen LogP contribution in [0.1, 0.15) is 16.7 Å². The molecule has 2 aromatic rings. The molecule has 7 nitrogen and oxygen atoms in total. The summed E-state index contributed by atoms with van der Waals surface area (Å²) in [5.74, 6) is 0.727. The minimum absolute atomic E-state index is 0.0452. The van der Waals surface area contributed by atoms with E-state index >= 15 is 0 Å². The Hall–Kier alpha value is -3.23. The predicted octanol–water partition coefficient (Wildman–Crippen LogP) is 2.17. The van der Waals surface area contributed by atoms with Crippen molar-refractivity contribution in [3.63, 3.8) is 0 Å². The summed E-state index contributed by atoms with van der Waals surface area (Å²) in [7, 11) is 3.28. The zero-order valence-electron chi connectivity index (χ0n) is 14.4. The van der Waals surface area contributed by atoms with Crippen molar-refractivity contribution in [3.8, 4) is 17.9 Å². The Morgan fingerprint density at radius 3 is 2.65 bits per heavy atom. The average molecular weight is 367 g/mol. The maximum absolute atomic E-state index is 12.4. The number of methoxy groups -OCH3 is 1. The van der Waals surface area contributed by atoms with E-state index in [2.05, 4.69) is 4.98 Å². The molecule has 0 aliphatic carbocycles. The van der Waals surface area contributed by atoms with Crippen LogP contribution in [0.5, 0.6) is 5.75 Å². The van der Waals surface area contributed by atoms with Crippen molar-refractivity contribution >= 4 is 23.5 Å². The normalized spacial score (nSPS) is 9.85. The first kappa shape index (κ1) is 19.1. The first-order chi connectivity index (χ1) is 12.5. The van der Waals surface area contributed by atoms with Crippen LogP contribution in [0.2, 0.25) is 0 Å². The van der Waals surface area contributed by atoms with E-state index in [0.29, 0.717) is 17.3 Å². The number of nitrogens with two attached hydrogens (primary N) is 1. The lowest BCUT2D eigenvalue weighted by molar-refractivity contribution is -0.127. The van der Waals surface area contributed by atoms with Gasteiger partial charge in [0.1, 0.15) is 28.7 Å². The van der Waals surface area contributed by atoms with Gasteiger partial charge in [0, 0.05) is 19.2 Å². The average Bonchev–Trinajstić information content (AvgIpc) is 2.66. The fourth-order valence-electron chi connectivity index (χ4n) is 2.21. The van der Waals surface area contributed by atoms with E-state index in [-0.39, 0.29) is 28.6 Å². The Kier molecular flexibility index (Phi) is 6.42. The summed E-state index contributed by atoms with van der Waals surface area (Å²) in [5.41, 5.74) is 6.95. The third-order valence-corrected chi connectivity index (χ3v) is 4.59. The van der Waals surface area contributed by atoms with E-state index < -0.39 is 0 Å². The number of thioether (sulfide) groups is 1. The van der Waals surface area contributed by atoms with Gasteiger partial charge in [0.25, 0.3) is 0 Å². The number of hydrogen-bond acceptors (Lipinski definition) is 7. The summed E-state index contributed by atoms with van der Waals surface area (Å²) in [6, 6.07) is 12.7. The molecule has 8 heteroatoms. The molecule has 132 valence electrons. The lowest BCUT2D eigenvalue weighted by atomic mass is 10.2. The topological polar surface area (TPSA) is 116 Å². The Balaban J connectivity index is 2.06. The smallest absolute Gasteiger partial charge is 0.233 e. The molecule has 0 saturated carbocycles. The number of para-hydroxylation sites is 1. The molecule has 0 fully saturated rings. The standard InChI is InChI=1S/C18H17N5O2S/c1-23(10-12-5-3-4-6-15(12)25-2)16(24)11-26-18-14(9-20)7-13(8-19)17(21)22-18/h3-7H,10-11H2,1-2H3,(H2,21,22). The summed E-state index contributed by atoms with van der Waals surface area (Å²) in [5, 5.41) is 18.5. The molecule has 1 aromatic heterocycles. The number of anilines is 1. The number of carbonyl (C=O) groups is 1. The lowest BCUT2D eigenvalue weighted by Gasteiger charge is -2.18. The quantitative estimate of drug-likeness (QED) is 0.778. The number of nitrogen functional groups attached to an aromatic ring is 1. The van der Waals surface area contributed by atoms with Crippen molar-refractivity contribution < 1.29 is 9.53 Å². The number of aromatic nitrogens is 1. The number of benzene rings is 1. The second-order valence-corrected chi connectivity index (χ2v) is 6.31. The molecule has 2 rings (SSSR count). The predicted molar refractivity (Wildman–Crippen MR) is 98.3 cm³/mol. The van der Waals surface area contributed by atoms with Gasteiger partial charge in [0.05, 0.1) is 24.0 Å². The van der Waals surface area contributed by atoms with Crippen LogP contribution in [0.3, 0.4) is 0 Å². The molecule has 0 radical (unpaired) electrons. The molecule has 0 bridgehead atoms. The SMILES string of the molecule is COc1ccccc1CN(C)C(=O)CSc1nc(N)c(C#N)cc1C#N. The Bertz CT molecular complexity index is 901. The number of rotatable bonds is 6. The minimum atomic E-state index is -0.130. The van der Waals surface area contributed by atoms with E-state index in [1.807, 2.05) is 36.4 Å².